The molecule has 5 heteroatoms. The summed E-state index contributed by atoms with van der Waals surface area (Å²) in [6.07, 6.45) is 2.06. The van der Waals surface area contributed by atoms with Crippen LogP contribution in [0.25, 0.3) is 5.69 Å². The van der Waals surface area contributed by atoms with Gasteiger partial charge in [-0.15, -0.1) is 0 Å². The summed E-state index contributed by atoms with van der Waals surface area (Å²) in [6.45, 7) is 4.62. The Bertz CT molecular complexity index is 1310. The van der Waals surface area contributed by atoms with Crippen LogP contribution in [0.15, 0.2) is 85.1 Å². The first-order valence-electron chi connectivity index (χ1n) is 11.1. The summed E-state index contributed by atoms with van der Waals surface area (Å²) in [4.78, 5) is 15.7. The first-order chi connectivity index (χ1) is 16.0. The van der Waals surface area contributed by atoms with Crippen LogP contribution in [0.2, 0.25) is 0 Å². The van der Waals surface area contributed by atoms with Gasteiger partial charge >= 0.3 is 6.03 Å². The van der Waals surface area contributed by atoms with Crippen LogP contribution in [-0.2, 0) is 6.54 Å². The second-order valence-electron chi connectivity index (χ2n) is 8.46. The highest BCUT2D eigenvalue weighted by molar-refractivity contribution is 5.90. The Labute approximate surface area is 194 Å². The lowest BCUT2D eigenvalue weighted by Gasteiger charge is -2.31. The Morgan fingerprint density at radius 1 is 0.939 bits per heavy atom. The quantitative estimate of drug-likeness (QED) is 0.412. The van der Waals surface area contributed by atoms with Crippen molar-refractivity contribution in [1.82, 2.24) is 9.47 Å². The molecule has 0 radical (unpaired) electrons. The zero-order valence-electron chi connectivity index (χ0n) is 19.1. The van der Waals surface area contributed by atoms with E-state index < -0.39 is 0 Å². The van der Waals surface area contributed by atoms with E-state index >= 15 is 0 Å². The third-order valence-electron chi connectivity index (χ3n) is 6.41. The average molecular weight is 438 g/mol. The molecule has 2 heterocycles. The highest BCUT2D eigenvalue weighted by atomic mass is 16.5. The number of rotatable bonds is 3. The summed E-state index contributed by atoms with van der Waals surface area (Å²) in [7, 11) is 1.66. The highest BCUT2D eigenvalue weighted by Gasteiger charge is 2.33. The maximum atomic E-state index is 13.7. The fourth-order valence-corrected chi connectivity index (χ4v) is 4.49. The van der Waals surface area contributed by atoms with Crippen LogP contribution in [0.5, 0.6) is 5.75 Å². The number of carbonyl (C=O) groups is 1. The first-order valence-corrected chi connectivity index (χ1v) is 11.1. The highest BCUT2D eigenvalue weighted by Crippen LogP contribution is 2.37. The summed E-state index contributed by atoms with van der Waals surface area (Å²) in [5.74, 6) is 0.789. The monoisotopic (exact) mass is 437 g/mol. The zero-order valence-corrected chi connectivity index (χ0v) is 19.1. The fraction of sp³-hybridized carbons (Fsp3) is 0.179. The van der Waals surface area contributed by atoms with Gasteiger partial charge in [0.05, 0.1) is 25.4 Å². The number of para-hydroxylation sites is 1. The van der Waals surface area contributed by atoms with Crippen molar-refractivity contribution in [1.29, 1.82) is 0 Å². The number of urea groups is 1. The number of nitrogens with zero attached hydrogens (tertiary/aromatic N) is 2. The third kappa shape index (κ3) is 3.87. The van der Waals surface area contributed by atoms with Crippen molar-refractivity contribution < 1.29 is 9.53 Å². The van der Waals surface area contributed by atoms with Crippen LogP contribution in [0.3, 0.4) is 0 Å². The molecule has 1 N–H and O–H groups in total. The summed E-state index contributed by atoms with van der Waals surface area (Å²) in [5, 5.41) is 3.14. The molecule has 0 spiro atoms. The van der Waals surface area contributed by atoms with E-state index in [1.165, 1.54) is 5.56 Å². The van der Waals surface area contributed by atoms with Crippen LogP contribution >= 0.6 is 0 Å². The second-order valence-corrected chi connectivity index (χ2v) is 8.46. The van der Waals surface area contributed by atoms with Gasteiger partial charge in [-0.3, -0.25) is 0 Å². The normalized spacial score (nSPS) is 14.8. The molecule has 5 rings (SSSR count). The molecule has 0 saturated carbocycles. The molecule has 4 aromatic rings. The van der Waals surface area contributed by atoms with E-state index in [9.17, 15) is 4.79 Å². The van der Waals surface area contributed by atoms with E-state index in [1.54, 1.807) is 7.11 Å². The van der Waals surface area contributed by atoms with Gasteiger partial charge in [-0.05, 0) is 78.6 Å². The number of methoxy groups -OCH3 is 1. The maximum absolute atomic E-state index is 13.7. The molecule has 1 aliphatic rings. The number of carbonyl (C=O) groups excluding carboxylic acids is 1. The summed E-state index contributed by atoms with van der Waals surface area (Å²) in [5.41, 5.74) is 7.41. The lowest BCUT2D eigenvalue weighted by atomic mass is 10.0. The third-order valence-corrected chi connectivity index (χ3v) is 6.41. The van der Waals surface area contributed by atoms with Gasteiger partial charge in [-0.25, -0.2) is 4.79 Å². The first kappa shape index (κ1) is 20.9. The molecule has 0 bridgehead atoms. The summed E-state index contributed by atoms with van der Waals surface area (Å²) >= 11 is 0. The largest absolute Gasteiger partial charge is 0.497 e. The Hall–Kier alpha value is -3.99. The van der Waals surface area contributed by atoms with E-state index in [0.29, 0.717) is 6.54 Å². The molecule has 3 aromatic carbocycles. The van der Waals surface area contributed by atoms with Gasteiger partial charge < -0.3 is 19.5 Å². The van der Waals surface area contributed by atoms with Gasteiger partial charge in [0.15, 0.2) is 0 Å². The molecule has 1 unspecified atom stereocenters. The molecule has 166 valence electrons. The molecule has 0 fully saturated rings. The van der Waals surface area contributed by atoms with Crippen LogP contribution in [0, 0.1) is 13.8 Å². The summed E-state index contributed by atoms with van der Waals surface area (Å²) < 4.78 is 7.55. The average Bonchev–Trinajstić information content (AvgIpc) is 3.26. The Morgan fingerprint density at radius 3 is 2.48 bits per heavy atom. The number of hydrogen-bond donors (Lipinski definition) is 1. The van der Waals surface area contributed by atoms with Gasteiger partial charge in [0.2, 0.25) is 0 Å². The predicted molar refractivity (Wildman–Crippen MR) is 131 cm³/mol. The lowest BCUT2D eigenvalue weighted by molar-refractivity contribution is 0.194. The minimum atomic E-state index is -0.259. The minimum Gasteiger partial charge on any atom is -0.497 e. The fourth-order valence-electron chi connectivity index (χ4n) is 4.49. The number of anilines is 1. The van der Waals surface area contributed by atoms with Gasteiger partial charge in [0.1, 0.15) is 5.75 Å². The number of benzene rings is 3. The Balaban J connectivity index is 1.61. The number of ether oxygens (including phenoxy) is 1. The van der Waals surface area contributed by atoms with Crippen LogP contribution < -0.4 is 10.1 Å². The predicted octanol–water partition coefficient (Wildman–Crippen LogP) is 6.24. The molecule has 33 heavy (non-hydrogen) atoms. The van der Waals surface area contributed by atoms with E-state index in [4.69, 9.17) is 4.74 Å². The molecule has 0 aliphatic carbocycles. The van der Waals surface area contributed by atoms with Crippen molar-refractivity contribution in [3.05, 3.63) is 113 Å². The number of amides is 2. The second kappa shape index (κ2) is 8.51. The van der Waals surface area contributed by atoms with Gasteiger partial charge in [0, 0.05) is 17.6 Å². The van der Waals surface area contributed by atoms with Crippen LogP contribution in [0.4, 0.5) is 10.5 Å². The van der Waals surface area contributed by atoms with Crippen molar-refractivity contribution in [3.63, 3.8) is 0 Å². The van der Waals surface area contributed by atoms with Crippen molar-refractivity contribution in [3.8, 4) is 11.4 Å². The van der Waals surface area contributed by atoms with E-state index in [-0.39, 0.29) is 12.1 Å². The molecular formula is C28H27N3O2. The van der Waals surface area contributed by atoms with Crippen molar-refractivity contribution >= 4 is 11.7 Å². The maximum Gasteiger partial charge on any atom is 0.322 e. The minimum absolute atomic E-state index is 0.136. The van der Waals surface area contributed by atoms with Crippen LogP contribution in [-0.4, -0.2) is 22.6 Å². The number of nitrogens with one attached hydrogen (secondary N) is 1. The zero-order chi connectivity index (χ0) is 22.9. The van der Waals surface area contributed by atoms with Gasteiger partial charge in [-0.2, -0.15) is 0 Å². The van der Waals surface area contributed by atoms with Crippen molar-refractivity contribution in [2.45, 2.75) is 26.4 Å². The molecule has 2 amide bonds. The van der Waals surface area contributed by atoms with Crippen LogP contribution in [0.1, 0.15) is 34.0 Å². The molecule has 1 aromatic heterocycles. The van der Waals surface area contributed by atoms with Crippen molar-refractivity contribution in [2.24, 2.45) is 0 Å². The topological polar surface area (TPSA) is 46.5 Å². The number of fused-ring (bicyclic) bond motifs is 3. The van der Waals surface area contributed by atoms with E-state index in [2.05, 4.69) is 48.1 Å². The molecular weight excluding hydrogens is 410 g/mol. The number of hydrogen-bond acceptors (Lipinski definition) is 2. The summed E-state index contributed by atoms with van der Waals surface area (Å²) in [6, 6.07) is 26.0. The van der Waals surface area contributed by atoms with E-state index in [0.717, 1.165) is 39.5 Å². The molecule has 0 saturated heterocycles. The molecule has 1 aliphatic heterocycles. The lowest BCUT2D eigenvalue weighted by Crippen LogP contribution is -2.37. The Kier molecular flexibility index (Phi) is 5.38. The van der Waals surface area contributed by atoms with Gasteiger partial charge in [0.25, 0.3) is 0 Å². The van der Waals surface area contributed by atoms with E-state index in [1.807, 2.05) is 65.6 Å². The standard InChI is InChI=1S/C28H27N3O2/c1-19-10-13-23(17-20(19)2)29-28(32)31-18-22-7-4-5-8-25(22)30-16-6-9-26(30)27(31)21-11-14-24(33-3)15-12-21/h4-17,27H,18H2,1-3H3,(H,29,32). The number of aromatic nitrogens is 1. The Morgan fingerprint density at radius 2 is 1.73 bits per heavy atom. The smallest absolute Gasteiger partial charge is 0.322 e. The van der Waals surface area contributed by atoms with Gasteiger partial charge in [-0.1, -0.05) is 36.4 Å². The molecule has 1 atom stereocenters. The van der Waals surface area contributed by atoms with Crippen molar-refractivity contribution in [2.75, 3.05) is 12.4 Å². The molecule has 5 nitrogen and oxygen atoms in total. The number of aryl methyl sites for hydroxylation is 2. The SMILES string of the molecule is COc1ccc(C2c3cccn3-c3ccccc3CN2C(=O)Nc2ccc(C)c(C)c2)cc1.